The number of thiophene rings is 1. The van der Waals surface area contributed by atoms with Gasteiger partial charge in [0.1, 0.15) is 17.0 Å². The van der Waals surface area contributed by atoms with Crippen molar-refractivity contribution in [1.29, 1.82) is 0 Å². The summed E-state index contributed by atoms with van der Waals surface area (Å²) >= 11 is 1.24. The summed E-state index contributed by atoms with van der Waals surface area (Å²) in [6, 6.07) is 12.5. The second-order valence-corrected chi connectivity index (χ2v) is 9.08. The zero-order chi connectivity index (χ0) is 20.4. The minimum absolute atomic E-state index is 0.0371. The van der Waals surface area contributed by atoms with Gasteiger partial charge >= 0.3 is 11.9 Å². The predicted molar refractivity (Wildman–Crippen MR) is 111 cm³/mol. The molecule has 1 N–H and O–H groups in total. The summed E-state index contributed by atoms with van der Waals surface area (Å²) < 4.78 is 6.03. The molecule has 7 heteroatoms. The molecular formula is C22H26N2O4S. The Morgan fingerprint density at radius 1 is 1.21 bits per heavy atom. The maximum atomic E-state index is 13.3. The van der Waals surface area contributed by atoms with Crippen molar-refractivity contribution in [2.45, 2.75) is 31.5 Å². The van der Waals surface area contributed by atoms with Crippen molar-refractivity contribution in [2.75, 3.05) is 26.7 Å². The summed E-state index contributed by atoms with van der Waals surface area (Å²) in [5, 5.41) is 9.16. The number of rotatable bonds is 7. The fraction of sp³-hybridized carbons (Fsp3) is 0.455. The van der Waals surface area contributed by atoms with E-state index in [1.807, 2.05) is 48.3 Å². The molecule has 29 heavy (non-hydrogen) atoms. The Bertz CT molecular complexity index is 861. The summed E-state index contributed by atoms with van der Waals surface area (Å²) in [7, 11) is 1.88. The van der Waals surface area contributed by atoms with E-state index in [-0.39, 0.29) is 12.1 Å². The zero-order valence-corrected chi connectivity index (χ0v) is 17.3. The highest BCUT2D eigenvalue weighted by Gasteiger charge is 2.38. The summed E-state index contributed by atoms with van der Waals surface area (Å²) in [4.78, 5) is 30.0. The molecule has 5 rings (SSSR count). The van der Waals surface area contributed by atoms with Crippen LogP contribution >= 0.6 is 11.3 Å². The van der Waals surface area contributed by atoms with E-state index in [1.54, 1.807) is 6.07 Å². The van der Waals surface area contributed by atoms with Gasteiger partial charge in [-0.25, -0.2) is 9.59 Å². The van der Waals surface area contributed by atoms with Crippen LogP contribution in [0, 0.1) is 5.92 Å². The van der Waals surface area contributed by atoms with Crippen LogP contribution in [0.1, 0.15) is 39.0 Å². The maximum absolute atomic E-state index is 13.3. The van der Waals surface area contributed by atoms with E-state index in [4.69, 9.17) is 9.84 Å². The largest absolute Gasteiger partial charge is 0.477 e. The van der Waals surface area contributed by atoms with E-state index < -0.39 is 12.0 Å². The molecule has 2 aromatic rings. The number of piperidine rings is 3. The topological polar surface area (TPSA) is 70.1 Å². The van der Waals surface area contributed by atoms with Crippen molar-refractivity contribution in [3.63, 3.8) is 0 Å². The highest BCUT2D eigenvalue weighted by atomic mass is 32.1. The Kier molecular flexibility index (Phi) is 5.99. The Morgan fingerprint density at radius 3 is 2.52 bits per heavy atom. The van der Waals surface area contributed by atoms with E-state index in [0.29, 0.717) is 17.3 Å². The lowest BCUT2D eigenvalue weighted by atomic mass is 9.86. The number of carboxylic acids is 1. The molecule has 2 bridgehead atoms. The third-order valence-electron chi connectivity index (χ3n) is 5.92. The second-order valence-electron chi connectivity index (χ2n) is 7.91. The van der Waals surface area contributed by atoms with Crippen LogP contribution in [0.2, 0.25) is 0 Å². The van der Waals surface area contributed by atoms with Crippen LogP contribution in [-0.4, -0.2) is 59.6 Å². The monoisotopic (exact) mass is 414 g/mol. The second kappa shape index (κ2) is 8.65. The predicted octanol–water partition coefficient (Wildman–Crippen LogP) is 3.26. The van der Waals surface area contributed by atoms with Crippen LogP contribution in [0.25, 0.3) is 0 Å². The number of hydrogen-bond donors (Lipinski definition) is 1. The third kappa shape index (κ3) is 4.52. The normalized spacial score (nSPS) is 24.4. The molecule has 2 atom stereocenters. The van der Waals surface area contributed by atoms with Gasteiger partial charge in [0.2, 0.25) is 0 Å². The third-order valence-corrected chi connectivity index (χ3v) is 6.98. The number of fused-ring (bicyclic) bond motifs is 3. The molecule has 3 aliphatic rings. The molecule has 0 radical (unpaired) electrons. The van der Waals surface area contributed by atoms with Gasteiger partial charge in [-0.1, -0.05) is 30.3 Å². The number of carbonyl (C=O) groups is 2. The van der Waals surface area contributed by atoms with Crippen LogP contribution in [0.15, 0.2) is 42.5 Å². The van der Waals surface area contributed by atoms with Gasteiger partial charge in [0.05, 0.1) is 0 Å². The molecule has 0 saturated carbocycles. The number of carboxylic acid groups (broad SMARTS) is 1. The molecule has 3 saturated heterocycles. The van der Waals surface area contributed by atoms with Crippen LogP contribution < -0.4 is 0 Å². The van der Waals surface area contributed by atoms with Gasteiger partial charge in [0.25, 0.3) is 0 Å². The number of likely N-dealkylation sites (N-methyl/N-ethyl adjacent to an activating group) is 1. The number of hydrogen-bond acceptors (Lipinski definition) is 6. The van der Waals surface area contributed by atoms with E-state index >= 15 is 0 Å². The van der Waals surface area contributed by atoms with Crippen LogP contribution in [0.3, 0.4) is 0 Å². The average Bonchev–Trinajstić information content (AvgIpc) is 3.19. The first-order valence-corrected chi connectivity index (χ1v) is 10.8. The van der Waals surface area contributed by atoms with Gasteiger partial charge in [-0.05, 0) is 56.6 Å². The minimum atomic E-state index is -0.926. The van der Waals surface area contributed by atoms with Gasteiger partial charge < -0.3 is 9.84 Å². The lowest BCUT2D eigenvalue weighted by molar-refractivity contribution is -0.165. The van der Waals surface area contributed by atoms with Gasteiger partial charge in [-0.15, -0.1) is 11.3 Å². The molecule has 1 unspecified atom stereocenters. The summed E-state index contributed by atoms with van der Waals surface area (Å²) in [6.07, 6.45) is 2.15. The first-order chi connectivity index (χ1) is 14.0. The molecule has 0 amide bonds. The quantitative estimate of drug-likeness (QED) is 0.702. The van der Waals surface area contributed by atoms with E-state index in [9.17, 15) is 9.59 Å². The van der Waals surface area contributed by atoms with Crippen molar-refractivity contribution in [2.24, 2.45) is 5.92 Å². The number of ether oxygens (including phenoxy) is 1. The van der Waals surface area contributed by atoms with E-state index in [2.05, 4.69) is 4.90 Å². The molecule has 1 aromatic carbocycles. The van der Waals surface area contributed by atoms with Crippen molar-refractivity contribution in [1.82, 2.24) is 9.80 Å². The van der Waals surface area contributed by atoms with Crippen LogP contribution in [0.5, 0.6) is 0 Å². The molecule has 154 valence electrons. The highest BCUT2D eigenvalue weighted by Crippen LogP contribution is 2.32. The maximum Gasteiger partial charge on any atom is 0.345 e. The SMILES string of the molecule is CN(Cc1ccc(C(=O)O)s1)C(C(=O)O[C@H]1CN2CCC1CC2)c1ccccc1. The molecule has 0 spiro atoms. The standard InChI is InChI=1S/C22H26N2O4S/c1-23(13-17-7-8-19(29-17)21(25)26)20(16-5-3-2-4-6-16)22(27)28-18-14-24-11-9-15(18)10-12-24/h2-8,15,18,20H,9-14H2,1H3,(H,25,26)/t18-,20?/m0/s1. The van der Waals surface area contributed by atoms with E-state index in [1.165, 1.54) is 11.3 Å². The molecule has 6 nitrogen and oxygen atoms in total. The average molecular weight is 415 g/mol. The van der Waals surface area contributed by atoms with E-state index in [0.717, 1.165) is 42.9 Å². The number of benzene rings is 1. The molecule has 0 aliphatic carbocycles. The van der Waals surface area contributed by atoms with Crippen LogP contribution in [-0.2, 0) is 16.1 Å². The minimum Gasteiger partial charge on any atom is -0.477 e. The zero-order valence-electron chi connectivity index (χ0n) is 16.5. The molecular weight excluding hydrogens is 388 g/mol. The number of aromatic carboxylic acids is 1. The Balaban J connectivity index is 1.51. The van der Waals surface area contributed by atoms with Gasteiger partial charge in [-0.2, -0.15) is 0 Å². The Hall–Kier alpha value is -2.22. The Morgan fingerprint density at radius 2 is 1.93 bits per heavy atom. The number of carbonyl (C=O) groups excluding carboxylic acids is 1. The van der Waals surface area contributed by atoms with Gasteiger partial charge in [-0.3, -0.25) is 9.80 Å². The fourth-order valence-corrected chi connectivity index (χ4v) is 5.29. The number of nitrogens with zero attached hydrogens (tertiary/aromatic N) is 2. The lowest BCUT2D eigenvalue weighted by Crippen LogP contribution is -2.52. The lowest BCUT2D eigenvalue weighted by Gasteiger charge is -2.44. The first-order valence-electron chi connectivity index (χ1n) is 10.0. The Labute approximate surface area is 174 Å². The molecule has 3 fully saturated rings. The van der Waals surface area contributed by atoms with Crippen molar-refractivity contribution < 1.29 is 19.4 Å². The summed E-state index contributed by atoms with van der Waals surface area (Å²) in [6.45, 7) is 3.51. The molecule has 1 aromatic heterocycles. The fourth-order valence-electron chi connectivity index (χ4n) is 4.38. The smallest absolute Gasteiger partial charge is 0.345 e. The summed E-state index contributed by atoms with van der Waals surface area (Å²) in [5.41, 5.74) is 0.885. The first kappa shape index (κ1) is 20.1. The number of esters is 1. The van der Waals surface area contributed by atoms with Gasteiger partial charge in [0, 0.05) is 18.0 Å². The molecule has 4 heterocycles. The highest BCUT2D eigenvalue weighted by molar-refractivity contribution is 7.13. The van der Waals surface area contributed by atoms with Crippen molar-refractivity contribution in [3.05, 3.63) is 57.8 Å². The van der Waals surface area contributed by atoms with Crippen LogP contribution in [0.4, 0.5) is 0 Å². The molecule has 3 aliphatic heterocycles. The van der Waals surface area contributed by atoms with Crippen molar-refractivity contribution in [3.8, 4) is 0 Å². The van der Waals surface area contributed by atoms with Crippen molar-refractivity contribution >= 4 is 23.3 Å². The summed E-state index contributed by atoms with van der Waals surface area (Å²) in [5.74, 6) is -0.696. The van der Waals surface area contributed by atoms with Gasteiger partial charge in [0.15, 0.2) is 0 Å².